The van der Waals surface area contributed by atoms with Crippen LogP contribution >= 0.6 is 0 Å². The quantitative estimate of drug-likeness (QED) is 0.327. The van der Waals surface area contributed by atoms with Gasteiger partial charge in [0.2, 0.25) is 5.78 Å². The summed E-state index contributed by atoms with van der Waals surface area (Å²) >= 11 is 0. The monoisotopic (exact) mass is 345 g/mol. The molecular weight excluding hydrogens is 326 g/mol. The second-order valence-electron chi connectivity index (χ2n) is 5.45. The van der Waals surface area contributed by atoms with Crippen LogP contribution in [0.15, 0.2) is 48.0 Å². The van der Waals surface area contributed by atoms with E-state index in [1.165, 1.54) is 0 Å². The summed E-state index contributed by atoms with van der Waals surface area (Å²) < 4.78 is 11.0. The average Bonchev–Trinajstić information content (AvgIpc) is 2.65. The van der Waals surface area contributed by atoms with Crippen molar-refractivity contribution in [3.8, 4) is 29.9 Å². The summed E-state index contributed by atoms with van der Waals surface area (Å²) in [6.45, 7) is 4.28. The number of carbonyl (C=O) groups is 1. The van der Waals surface area contributed by atoms with E-state index in [9.17, 15) is 10.1 Å². The number of rotatable bonds is 7. The molecule has 4 heteroatoms. The fraction of sp³-hybridized carbons (Fsp3) is 0.182. The van der Waals surface area contributed by atoms with Crippen molar-refractivity contribution in [1.82, 2.24) is 0 Å². The first-order chi connectivity index (χ1) is 12.6. The van der Waals surface area contributed by atoms with Gasteiger partial charge in [0.25, 0.3) is 0 Å². The van der Waals surface area contributed by atoms with E-state index in [-0.39, 0.29) is 18.0 Å². The molecule has 2 aromatic carbocycles. The van der Waals surface area contributed by atoms with Gasteiger partial charge in [0.15, 0.2) is 11.5 Å². The van der Waals surface area contributed by atoms with Crippen LogP contribution in [0.4, 0.5) is 0 Å². The molecule has 2 rings (SSSR count). The van der Waals surface area contributed by atoms with Crippen LogP contribution in [-0.2, 0) is 0 Å². The third kappa shape index (κ3) is 4.53. The summed E-state index contributed by atoms with van der Waals surface area (Å²) in [5.74, 6) is 3.12. The lowest BCUT2D eigenvalue weighted by atomic mass is 9.98. The second kappa shape index (κ2) is 9.11. The molecule has 2 aromatic rings. The predicted octanol–water partition coefficient (Wildman–Crippen LogP) is 4.20. The standard InChI is InChI=1S/C22H19NO3/c1-4-12-26-20-11-10-17(14-21(20)25-5-2)13-18(15-23)22(24)19-9-7-6-8-16(19)3/h1,6-11,13-14H,5,12H2,2-3H3/b18-13+. The maximum Gasteiger partial charge on any atom is 0.203 e. The Morgan fingerprint density at radius 1 is 1.19 bits per heavy atom. The Labute approximate surface area is 153 Å². The van der Waals surface area contributed by atoms with Crippen LogP contribution in [-0.4, -0.2) is 19.0 Å². The van der Waals surface area contributed by atoms with Gasteiger partial charge < -0.3 is 9.47 Å². The molecule has 0 fully saturated rings. The van der Waals surface area contributed by atoms with E-state index in [0.29, 0.717) is 29.2 Å². The number of hydrogen-bond donors (Lipinski definition) is 0. The number of terminal acetylenes is 1. The maximum atomic E-state index is 12.7. The highest BCUT2D eigenvalue weighted by molar-refractivity contribution is 6.14. The molecule has 0 bridgehead atoms. The van der Waals surface area contributed by atoms with Crippen molar-refractivity contribution in [2.45, 2.75) is 13.8 Å². The van der Waals surface area contributed by atoms with Gasteiger partial charge in [-0.25, -0.2) is 0 Å². The molecule has 0 N–H and O–H groups in total. The summed E-state index contributed by atoms with van der Waals surface area (Å²) in [5.41, 5.74) is 2.06. The van der Waals surface area contributed by atoms with Crippen LogP contribution in [0.5, 0.6) is 11.5 Å². The maximum absolute atomic E-state index is 12.7. The minimum atomic E-state index is -0.309. The number of carbonyl (C=O) groups excluding carboxylic acids is 1. The molecule has 0 aromatic heterocycles. The Morgan fingerprint density at radius 2 is 1.96 bits per heavy atom. The van der Waals surface area contributed by atoms with Crippen molar-refractivity contribution in [2.75, 3.05) is 13.2 Å². The molecule has 4 nitrogen and oxygen atoms in total. The highest BCUT2D eigenvalue weighted by Gasteiger charge is 2.14. The lowest BCUT2D eigenvalue weighted by Crippen LogP contribution is -2.04. The predicted molar refractivity (Wildman–Crippen MR) is 101 cm³/mol. The third-order valence-corrected chi connectivity index (χ3v) is 3.64. The Morgan fingerprint density at radius 3 is 2.62 bits per heavy atom. The molecule has 0 saturated carbocycles. The summed E-state index contributed by atoms with van der Waals surface area (Å²) in [5, 5.41) is 9.44. The molecule has 0 unspecified atom stereocenters. The van der Waals surface area contributed by atoms with E-state index < -0.39 is 0 Å². The summed E-state index contributed by atoms with van der Waals surface area (Å²) in [6.07, 6.45) is 6.76. The fourth-order valence-electron chi connectivity index (χ4n) is 2.41. The van der Waals surface area contributed by atoms with E-state index in [0.717, 1.165) is 5.56 Å². The molecule has 0 spiro atoms. The van der Waals surface area contributed by atoms with Gasteiger partial charge in [-0.3, -0.25) is 4.79 Å². The molecule has 0 aliphatic heterocycles. The Balaban J connectivity index is 2.38. The van der Waals surface area contributed by atoms with Gasteiger partial charge in [-0.05, 0) is 43.2 Å². The average molecular weight is 345 g/mol. The minimum absolute atomic E-state index is 0.0547. The number of nitrogens with zero attached hydrogens (tertiary/aromatic N) is 1. The number of hydrogen-bond acceptors (Lipinski definition) is 4. The van der Waals surface area contributed by atoms with Gasteiger partial charge >= 0.3 is 0 Å². The van der Waals surface area contributed by atoms with E-state index in [4.69, 9.17) is 15.9 Å². The van der Waals surface area contributed by atoms with Crippen LogP contribution in [0, 0.1) is 30.6 Å². The molecule has 26 heavy (non-hydrogen) atoms. The molecule has 0 heterocycles. The number of aryl methyl sites for hydroxylation is 1. The Bertz CT molecular complexity index is 914. The Hall–Kier alpha value is -3.50. The molecular formula is C22H19NO3. The van der Waals surface area contributed by atoms with Crippen molar-refractivity contribution in [3.63, 3.8) is 0 Å². The summed E-state index contributed by atoms with van der Waals surface area (Å²) in [6, 6.07) is 14.4. The molecule has 0 saturated heterocycles. The minimum Gasteiger partial charge on any atom is -0.490 e. The molecule has 0 amide bonds. The highest BCUT2D eigenvalue weighted by atomic mass is 16.5. The number of nitriles is 1. The van der Waals surface area contributed by atoms with Crippen molar-refractivity contribution >= 4 is 11.9 Å². The van der Waals surface area contributed by atoms with E-state index in [2.05, 4.69) is 5.92 Å². The normalized spacial score (nSPS) is 10.5. The zero-order chi connectivity index (χ0) is 18.9. The van der Waals surface area contributed by atoms with Gasteiger partial charge in [-0.1, -0.05) is 36.3 Å². The van der Waals surface area contributed by atoms with Crippen molar-refractivity contribution in [1.29, 1.82) is 5.26 Å². The molecule has 0 atom stereocenters. The van der Waals surface area contributed by atoms with E-state index >= 15 is 0 Å². The van der Waals surface area contributed by atoms with Crippen molar-refractivity contribution < 1.29 is 14.3 Å². The summed E-state index contributed by atoms with van der Waals surface area (Å²) in [4.78, 5) is 12.7. The molecule has 0 aliphatic carbocycles. The van der Waals surface area contributed by atoms with Crippen molar-refractivity contribution in [2.24, 2.45) is 0 Å². The zero-order valence-corrected chi connectivity index (χ0v) is 14.8. The number of ketones is 1. The SMILES string of the molecule is C#CCOc1ccc(/C=C(\C#N)C(=O)c2ccccc2C)cc1OCC. The van der Waals surface area contributed by atoms with Crippen LogP contribution in [0.25, 0.3) is 6.08 Å². The molecule has 0 radical (unpaired) electrons. The van der Waals surface area contributed by atoms with Gasteiger partial charge in [-0.15, -0.1) is 6.42 Å². The van der Waals surface area contributed by atoms with Crippen LogP contribution < -0.4 is 9.47 Å². The van der Waals surface area contributed by atoms with Crippen LogP contribution in [0.1, 0.15) is 28.4 Å². The zero-order valence-electron chi connectivity index (χ0n) is 14.8. The summed E-state index contributed by atoms with van der Waals surface area (Å²) in [7, 11) is 0. The van der Waals surface area contributed by atoms with Crippen molar-refractivity contribution in [3.05, 3.63) is 64.7 Å². The van der Waals surface area contributed by atoms with Crippen LogP contribution in [0.2, 0.25) is 0 Å². The fourth-order valence-corrected chi connectivity index (χ4v) is 2.41. The van der Waals surface area contributed by atoms with Gasteiger partial charge in [0, 0.05) is 5.56 Å². The van der Waals surface area contributed by atoms with Gasteiger partial charge in [0.1, 0.15) is 18.2 Å². The highest BCUT2D eigenvalue weighted by Crippen LogP contribution is 2.29. The lowest BCUT2D eigenvalue weighted by Gasteiger charge is -2.11. The smallest absolute Gasteiger partial charge is 0.203 e. The first kappa shape index (κ1) is 18.8. The molecule has 130 valence electrons. The third-order valence-electron chi connectivity index (χ3n) is 3.64. The number of ether oxygens (including phenoxy) is 2. The second-order valence-corrected chi connectivity index (χ2v) is 5.45. The topological polar surface area (TPSA) is 59.3 Å². The van der Waals surface area contributed by atoms with E-state index in [1.807, 2.05) is 32.0 Å². The number of benzene rings is 2. The number of Topliss-reactive ketones (excluding diaryl/α,β-unsaturated/α-hetero) is 1. The van der Waals surface area contributed by atoms with Gasteiger partial charge in [-0.2, -0.15) is 5.26 Å². The first-order valence-corrected chi connectivity index (χ1v) is 8.16. The van der Waals surface area contributed by atoms with Gasteiger partial charge in [0.05, 0.1) is 6.61 Å². The first-order valence-electron chi connectivity index (χ1n) is 8.16. The number of allylic oxidation sites excluding steroid dienone is 1. The Kier molecular flexibility index (Phi) is 6.60. The van der Waals surface area contributed by atoms with Crippen LogP contribution in [0.3, 0.4) is 0 Å². The lowest BCUT2D eigenvalue weighted by molar-refractivity contribution is 0.103. The van der Waals surface area contributed by atoms with E-state index in [1.54, 1.807) is 36.4 Å². The molecule has 0 aliphatic rings. The largest absolute Gasteiger partial charge is 0.490 e.